The lowest BCUT2D eigenvalue weighted by Crippen LogP contribution is -2.15. The summed E-state index contributed by atoms with van der Waals surface area (Å²) in [6.45, 7) is 4.65. The van der Waals surface area contributed by atoms with Crippen LogP contribution in [0.25, 0.3) is 110 Å². The van der Waals surface area contributed by atoms with Gasteiger partial charge in [0.25, 0.3) is 0 Å². The van der Waals surface area contributed by atoms with E-state index in [-0.39, 0.29) is 5.41 Å². The Morgan fingerprint density at radius 2 is 0.902 bits per heavy atom. The molecule has 0 radical (unpaired) electrons. The lowest BCUT2D eigenvalue weighted by molar-refractivity contribution is 0.614. The topological polar surface area (TPSA) is 64.7 Å². The maximum atomic E-state index is 6.34. The van der Waals surface area contributed by atoms with Gasteiger partial charge in [-0.05, 0) is 80.9 Å². The first kappa shape index (κ1) is 35.4. The summed E-state index contributed by atoms with van der Waals surface area (Å²) in [5.74, 6) is 2.59. The van der Waals surface area contributed by atoms with Crippen molar-refractivity contribution in [3.63, 3.8) is 0 Å². The minimum atomic E-state index is -0.219. The van der Waals surface area contributed by atoms with E-state index in [0.717, 1.165) is 38.9 Å². The van der Waals surface area contributed by atoms with Gasteiger partial charge in [0.2, 0.25) is 5.89 Å². The van der Waals surface area contributed by atoms with Crippen molar-refractivity contribution in [3.05, 3.63) is 193 Å². The largest absolute Gasteiger partial charge is 0.436 e. The Morgan fingerprint density at radius 3 is 1.52 bits per heavy atom. The smallest absolute Gasteiger partial charge is 0.227 e. The molecule has 0 saturated carbocycles. The molecule has 0 bridgehead atoms. The molecule has 0 unspecified atom stereocenters. The normalized spacial score (nSPS) is 12.9. The molecule has 3 aromatic heterocycles. The Bertz CT molecular complexity index is 3440. The van der Waals surface area contributed by atoms with Gasteiger partial charge < -0.3 is 4.42 Å². The van der Waals surface area contributed by atoms with Crippen LogP contribution >= 0.6 is 11.3 Å². The molecule has 0 spiro atoms. The van der Waals surface area contributed by atoms with E-state index < -0.39 is 0 Å². The Hall–Kier alpha value is -7.54. The zero-order chi connectivity index (χ0) is 40.7. The zero-order valence-electron chi connectivity index (χ0n) is 33.4. The third-order valence-corrected chi connectivity index (χ3v) is 13.5. The van der Waals surface area contributed by atoms with E-state index in [4.69, 9.17) is 24.4 Å². The molecular weight excluding hydrogens is 765 g/mol. The summed E-state index contributed by atoms with van der Waals surface area (Å²) in [6, 6.07) is 63.8. The number of oxazole rings is 1. The Kier molecular flexibility index (Phi) is 7.99. The molecule has 0 amide bonds. The molecule has 0 aliphatic heterocycles. The lowest BCUT2D eigenvalue weighted by atomic mass is 9.81. The highest BCUT2D eigenvalue weighted by Gasteiger charge is 2.37. The first-order valence-corrected chi connectivity index (χ1v) is 21.4. The highest BCUT2D eigenvalue weighted by molar-refractivity contribution is 7.26. The Balaban J connectivity index is 0.942. The van der Waals surface area contributed by atoms with E-state index in [1.807, 2.05) is 102 Å². The van der Waals surface area contributed by atoms with Crippen molar-refractivity contribution in [3.8, 4) is 79.0 Å². The second-order valence-electron chi connectivity index (χ2n) is 16.2. The van der Waals surface area contributed by atoms with Crippen LogP contribution < -0.4 is 0 Å². The fraction of sp³-hybridized carbons (Fsp3) is 0.0545. The molecule has 12 rings (SSSR count). The van der Waals surface area contributed by atoms with Crippen LogP contribution in [0, 0.1) is 0 Å². The van der Waals surface area contributed by atoms with E-state index in [2.05, 4.69) is 105 Å². The fourth-order valence-corrected chi connectivity index (χ4v) is 10.4. The maximum Gasteiger partial charge on any atom is 0.227 e. The third-order valence-electron chi connectivity index (χ3n) is 12.2. The maximum absolute atomic E-state index is 6.34. The molecule has 8 aromatic carbocycles. The predicted molar refractivity (Wildman–Crippen MR) is 250 cm³/mol. The molecule has 0 saturated heterocycles. The first-order chi connectivity index (χ1) is 30.0. The van der Waals surface area contributed by atoms with Crippen LogP contribution in [0.5, 0.6) is 0 Å². The van der Waals surface area contributed by atoms with E-state index in [9.17, 15) is 0 Å². The van der Waals surface area contributed by atoms with Crippen molar-refractivity contribution in [2.24, 2.45) is 0 Å². The minimum Gasteiger partial charge on any atom is -0.436 e. The molecule has 61 heavy (non-hydrogen) atoms. The highest BCUT2D eigenvalue weighted by Crippen LogP contribution is 2.52. The van der Waals surface area contributed by atoms with E-state index in [1.54, 1.807) is 0 Å². The molecule has 3 heterocycles. The van der Waals surface area contributed by atoms with E-state index >= 15 is 0 Å². The summed E-state index contributed by atoms with van der Waals surface area (Å²) in [5, 5.41) is 2.51. The van der Waals surface area contributed by atoms with Crippen molar-refractivity contribution < 1.29 is 4.42 Å². The molecule has 0 fully saturated rings. The SMILES string of the molecule is CC1(C)c2cc(-c3cccc4c3sc3c(-c5cccc(-c6nc(-c7ccccc7)nc(-c7ccccc7)n6)c5)cccc34)ccc2-c2cc3nc(-c4ccccc4)oc3cc21. The number of aromatic nitrogens is 4. The molecule has 6 heteroatoms. The van der Waals surface area contributed by atoms with Crippen LogP contribution in [-0.4, -0.2) is 19.9 Å². The third kappa shape index (κ3) is 5.82. The zero-order valence-corrected chi connectivity index (χ0v) is 34.2. The Labute approximate surface area is 356 Å². The van der Waals surface area contributed by atoms with Gasteiger partial charge in [-0.3, -0.25) is 0 Å². The number of benzene rings is 8. The quantitative estimate of drug-likeness (QED) is 0.168. The van der Waals surface area contributed by atoms with Gasteiger partial charge in [-0.2, -0.15) is 0 Å². The van der Waals surface area contributed by atoms with Gasteiger partial charge in [-0.15, -0.1) is 11.3 Å². The number of hydrogen-bond donors (Lipinski definition) is 0. The van der Waals surface area contributed by atoms with Crippen LogP contribution in [0.15, 0.2) is 186 Å². The number of hydrogen-bond acceptors (Lipinski definition) is 6. The minimum absolute atomic E-state index is 0.219. The number of fused-ring (bicyclic) bond motifs is 7. The van der Waals surface area contributed by atoms with E-state index in [0.29, 0.717) is 23.4 Å². The van der Waals surface area contributed by atoms with Gasteiger partial charge in [-0.25, -0.2) is 19.9 Å². The van der Waals surface area contributed by atoms with Crippen molar-refractivity contribution in [1.82, 2.24) is 19.9 Å². The standard InChI is InChI=1S/C55H36N4OS/c1-55(2)45-30-37(27-28-41(45)44-31-47-48(32-46(44)55)60-54(56-47)35-19-10-5-11-20-35)40-24-14-26-43-42-25-13-23-39(49(42)61-50(40)43)36-21-12-22-38(29-36)53-58-51(33-15-6-3-7-16-33)57-52(59-53)34-17-8-4-9-18-34/h3-32H,1-2H3. The molecule has 0 atom stereocenters. The molecule has 0 N–H and O–H groups in total. The van der Waals surface area contributed by atoms with Crippen molar-refractivity contribution in [1.29, 1.82) is 0 Å². The predicted octanol–water partition coefficient (Wildman–Crippen LogP) is 14.7. The monoisotopic (exact) mass is 800 g/mol. The van der Waals surface area contributed by atoms with Gasteiger partial charge in [-0.1, -0.05) is 159 Å². The summed E-state index contributed by atoms with van der Waals surface area (Å²) in [4.78, 5) is 19.9. The van der Waals surface area contributed by atoms with Gasteiger partial charge in [0.05, 0.1) is 0 Å². The number of nitrogens with zero attached hydrogens (tertiary/aromatic N) is 4. The van der Waals surface area contributed by atoms with Gasteiger partial charge >= 0.3 is 0 Å². The van der Waals surface area contributed by atoms with E-state index in [1.165, 1.54) is 59.1 Å². The summed E-state index contributed by atoms with van der Waals surface area (Å²) >= 11 is 1.87. The van der Waals surface area contributed by atoms with Crippen LogP contribution in [0.3, 0.4) is 0 Å². The summed E-state index contributed by atoms with van der Waals surface area (Å²) < 4.78 is 8.87. The molecule has 288 valence electrons. The fourth-order valence-electron chi connectivity index (χ4n) is 9.07. The molecule has 5 nitrogen and oxygen atoms in total. The van der Waals surface area contributed by atoms with Crippen LogP contribution in [0.1, 0.15) is 25.0 Å². The van der Waals surface area contributed by atoms with Gasteiger partial charge in [0.1, 0.15) is 5.52 Å². The second kappa shape index (κ2) is 13.8. The summed E-state index contributed by atoms with van der Waals surface area (Å²) in [5.41, 5.74) is 15.1. The van der Waals surface area contributed by atoms with Gasteiger partial charge in [0.15, 0.2) is 23.1 Å². The molecule has 1 aliphatic rings. The average Bonchev–Trinajstić information content (AvgIpc) is 3.99. The van der Waals surface area contributed by atoms with Gasteiger partial charge in [0, 0.05) is 47.8 Å². The van der Waals surface area contributed by atoms with Crippen molar-refractivity contribution in [2.45, 2.75) is 19.3 Å². The lowest BCUT2D eigenvalue weighted by Gasteiger charge is -2.22. The van der Waals surface area contributed by atoms with Crippen LogP contribution in [0.4, 0.5) is 0 Å². The van der Waals surface area contributed by atoms with Crippen molar-refractivity contribution >= 4 is 42.6 Å². The molecule has 11 aromatic rings. The number of thiophene rings is 1. The van der Waals surface area contributed by atoms with Crippen LogP contribution in [0.2, 0.25) is 0 Å². The summed E-state index contributed by atoms with van der Waals surface area (Å²) in [7, 11) is 0. The summed E-state index contributed by atoms with van der Waals surface area (Å²) in [6.07, 6.45) is 0. The molecule has 1 aliphatic carbocycles. The number of rotatable bonds is 6. The second-order valence-corrected chi connectivity index (χ2v) is 17.2. The first-order valence-electron chi connectivity index (χ1n) is 20.5. The van der Waals surface area contributed by atoms with Crippen LogP contribution in [-0.2, 0) is 5.41 Å². The average molecular weight is 801 g/mol. The Morgan fingerprint density at radius 1 is 0.393 bits per heavy atom. The van der Waals surface area contributed by atoms with Crippen molar-refractivity contribution in [2.75, 3.05) is 0 Å². The molecular formula is C55H36N4OS. The highest BCUT2D eigenvalue weighted by atomic mass is 32.1.